The van der Waals surface area contributed by atoms with E-state index in [4.69, 9.17) is 46.4 Å². The molecule has 0 radical (unpaired) electrons. The molecule has 2 amide bonds. The Hall–Kier alpha value is -2.49. The summed E-state index contributed by atoms with van der Waals surface area (Å²) in [5.41, 5.74) is 1.37. The molecule has 3 aromatic rings. The van der Waals surface area contributed by atoms with Crippen LogP contribution in [0.5, 0.6) is 0 Å². The number of anilines is 1. The van der Waals surface area contributed by atoms with Gasteiger partial charge in [0, 0.05) is 35.6 Å². The number of likely N-dealkylation sites (N-methyl/N-ethyl adjacent to an activating group) is 1. The molecule has 0 saturated heterocycles. The van der Waals surface area contributed by atoms with Crippen molar-refractivity contribution in [3.05, 3.63) is 97.9 Å². The Labute approximate surface area is 242 Å². The number of carbonyl (C=O) groups excluding carboxylic acids is 2. The van der Waals surface area contributed by atoms with Gasteiger partial charge in [-0.3, -0.25) is 13.9 Å². The van der Waals surface area contributed by atoms with Gasteiger partial charge in [0.05, 0.1) is 22.0 Å². The molecule has 0 aliphatic rings. The van der Waals surface area contributed by atoms with Gasteiger partial charge in [-0.2, -0.15) is 0 Å². The summed E-state index contributed by atoms with van der Waals surface area (Å²) in [5.74, 6) is -1.09. The maximum Gasteiger partial charge on any atom is 0.244 e. The van der Waals surface area contributed by atoms with Crippen molar-refractivity contribution in [2.75, 3.05) is 24.2 Å². The van der Waals surface area contributed by atoms with Gasteiger partial charge in [-0.15, -0.1) is 0 Å². The van der Waals surface area contributed by atoms with Crippen LogP contribution in [0.15, 0.2) is 66.7 Å². The number of hydrogen-bond donors (Lipinski definition) is 1. The van der Waals surface area contributed by atoms with Crippen LogP contribution in [0.3, 0.4) is 0 Å². The summed E-state index contributed by atoms with van der Waals surface area (Å²) in [6.45, 7) is -0.748. The Bertz CT molecular complexity index is 1400. The number of hydrogen-bond acceptors (Lipinski definition) is 4. The number of benzene rings is 3. The average Bonchev–Trinajstić information content (AvgIpc) is 2.87. The SMILES string of the molecule is CNC(=O)C(Cc1ccccc1)N(Cc1c(Cl)cccc1Cl)C(=O)CN(c1ccc(Cl)c(Cl)c1)S(C)(=O)=O. The Balaban J connectivity index is 2.08. The van der Waals surface area contributed by atoms with Gasteiger partial charge in [0.15, 0.2) is 0 Å². The molecule has 1 N–H and O–H groups in total. The molecule has 12 heteroatoms. The Morgan fingerprint density at radius 3 is 2.05 bits per heavy atom. The van der Waals surface area contributed by atoms with E-state index >= 15 is 0 Å². The number of nitrogens with zero attached hydrogens (tertiary/aromatic N) is 2. The van der Waals surface area contributed by atoms with Crippen molar-refractivity contribution < 1.29 is 18.0 Å². The lowest BCUT2D eigenvalue weighted by Gasteiger charge is -2.33. The van der Waals surface area contributed by atoms with Gasteiger partial charge in [0.2, 0.25) is 21.8 Å². The summed E-state index contributed by atoms with van der Waals surface area (Å²) in [5, 5.41) is 3.56. The summed E-state index contributed by atoms with van der Waals surface area (Å²) >= 11 is 24.9. The van der Waals surface area contributed by atoms with Crippen LogP contribution in [0.4, 0.5) is 5.69 Å². The highest BCUT2D eigenvalue weighted by molar-refractivity contribution is 7.92. The molecule has 0 fully saturated rings. The molecule has 0 aromatic heterocycles. The highest BCUT2D eigenvalue weighted by atomic mass is 35.5. The molecule has 0 aliphatic heterocycles. The zero-order valence-electron chi connectivity index (χ0n) is 20.5. The van der Waals surface area contributed by atoms with Gasteiger partial charge in [-0.1, -0.05) is 82.8 Å². The molecule has 0 spiro atoms. The van der Waals surface area contributed by atoms with Crippen LogP contribution >= 0.6 is 46.4 Å². The lowest BCUT2D eigenvalue weighted by Crippen LogP contribution is -2.53. The second-order valence-electron chi connectivity index (χ2n) is 8.41. The van der Waals surface area contributed by atoms with Crippen LogP contribution in [0.2, 0.25) is 20.1 Å². The molecular weight excluding hydrogens is 592 g/mol. The molecule has 1 unspecified atom stereocenters. The molecule has 0 aliphatic carbocycles. The minimum absolute atomic E-state index is 0.122. The fourth-order valence-corrected chi connectivity index (χ4v) is 5.48. The molecule has 0 saturated carbocycles. The lowest BCUT2D eigenvalue weighted by molar-refractivity contribution is -0.139. The first-order chi connectivity index (χ1) is 17.9. The third kappa shape index (κ3) is 7.55. The first-order valence-corrected chi connectivity index (χ1v) is 14.7. The smallest absolute Gasteiger partial charge is 0.244 e. The quantitative estimate of drug-likeness (QED) is 0.328. The fraction of sp³-hybridized carbons (Fsp3) is 0.231. The third-order valence-electron chi connectivity index (χ3n) is 5.78. The molecule has 38 heavy (non-hydrogen) atoms. The molecule has 202 valence electrons. The largest absolute Gasteiger partial charge is 0.357 e. The van der Waals surface area contributed by atoms with E-state index in [2.05, 4.69) is 5.32 Å². The highest BCUT2D eigenvalue weighted by Gasteiger charge is 2.33. The van der Waals surface area contributed by atoms with Gasteiger partial charge in [0.25, 0.3) is 0 Å². The van der Waals surface area contributed by atoms with Crippen LogP contribution in [-0.4, -0.2) is 51.0 Å². The predicted molar refractivity (Wildman–Crippen MR) is 154 cm³/mol. The van der Waals surface area contributed by atoms with Crippen molar-refractivity contribution in [3.8, 4) is 0 Å². The monoisotopic (exact) mass is 615 g/mol. The predicted octanol–water partition coefficient (Wildman–Crippen LogP) is 5.45. The lowest BCUT2D eigenvalue weighted by atomic mass is 10.0. The number of amides is 2. The standard InChI is InChI=1S/C26H25Cl4N3O4S/c1-31-26(35)24(13-17-7-4-3-5-8-17)32(15-19-20(27)9-6-10-21(19)28)25(34)16-33(38(2,36)37)18-11-12-22(29)23(30)14-18/h3-12,14,24H,13,15-16H2,1-2H3,(H,31,35). The summed E-state index contributed by atoms with van der Waals surface area (Å²) in [4.78, 5) is 28.3. The maximum absolute atomic E-state index is 13.9. The molecule has 0 bridgehead atoms. The first kappa shape index (κ1) is 30.1. The zero-order valence-corrected chi connectivity index (χ0v) is 24.3. The van der Waals surface area contributed by atoms with Crippen LogP contribution in [0.25, 0.3) is 0 Å². The number of rotatable bonds is 10. The van der Waals surface area contributed by atoms with Gasteiger partial charge in [-0.05, 0) is 35.9 Å². The van der Waals surface area contributed by atoms with Gasteiger partial charge >= 0.3 is 0 Å². The van der Waals surface area contributed by atoms with Crippen molar-refractivity contribution in [1.82, 2.24) is 10.2 Å². The minimum atomic E-state index is -3.94. The summed E-state index contributed by atoms with van der Waals surface area (Å²) < 4.78 is 26.4. The average molecular weight is 617 g/mol. The van der Waals surface area contributed by atoms with E-state index in [1.54, 1.807) is 18.2 Å². The second kappa shape index (κ2) is 13.0. The Morgan fingerprint density at radius 1 is 0.868 bits per heavy atom. The molecule has 7 nitrogen and oxygen atoms in total. The zero-order chi connectivity index (χ0) is 28.0. The normalized spacial score (nSPS) is 12.1. The van der Waals surface area contributed by atoms with Gasteiger partial charge in [-0.25, -0.2) is 8.42 Å². The fourth-order valence-electron chi connectivity index (χ4n) is 3.83. The third-order valence-corrected chi connectivity index (χ3v) is 8.37. The van der Waals surface area contributed by atoms with Gasteiger partial charge in [0.1, 0.15) is 12.6 Å². The molecular formula is C26H25Cl4N3O4S. The summed E-state index contributed by atoms with van der Waals surface area (Å²) in [6.07, 6.45) is 1.14. The van der Waals surface area contributed by atoms with E-state index in [1.165, 1.54) is 30.1 Å². The van der Waals surface area contributed by atoms with Gasteiger partial charge < -0.3 is 10.2 Å². The Morgan fingerprint density at radius 2 is 1.50 bits per heavy atom. The molecule has 1 atom stereocenters. The van der Waals surface area contributed by atoms with Crippen molar-refractivity contribution in [2.45, 2.75) is 19.0 Å². The minimum Gasteiger partial charge on any atom is -0.357 e. The van der Waals surface area contributed by atoms with E-state index in [-0.39, 0.29) is 28.7 Å². The van der Waals surface area contributed by atoms with E-state index < -0.39 is 34.4 Å². The van der Waals surface area contributed by atoms with Crippen molar-refractivity contribution in [1.29, 1.82) is 0 Å². The van der Waals surface area contributed by atoms with Crippen LogP contribution in [-0.2, 0) is 32.6 Å². The van der Waals surface area contributed by atoms with Crippen molar-refractivity contribution in [2.24, 2.45) is 0 Å². The van der Waals surface area contributed by atoms with Crippen molar-refractivity contribution in [3.63, 3.8) is 0 Å². The first-order valence-electron chi connectivity index (χ1n) is 11.3. The highest BCUT2D eigenvalue weighted by Crippen LogP contribution is 2.30. The van der Waals surface area contributed by atoms with Crippen molar-refractivity contribution >= 4 is 73.9 Å². The van der Waals surface area contributed by atoms with E-state index in [0.717, 1.165) is 16.1 Å². The van der Waals surface area contributed by atoms with E-state index in [1.807, 2.05) is 30.3 Å². The van der Waals surface area contributed by atoms with Crippen LogP contribution in [0, 0.1) is 0 Å². The molecule has 0 heterocycles. The number of nitrogens with one attached hydrogen (secondary N) is 1. The molecule has 3 rings (SSSR count). The summed E-state index contributed by atoms with van der Waals surface area (Å²) in [7, 11) is -2.48. The topological polar surface area (TPSA) is 86.8 Å². The number of carbonyl (C=O) groups is 2. The number of halogens is 4. The van der Waals surface area contributed by atoms with Crippen LogP contribution < -0.4 is 9.62 Å². The van der Waals surface area contributed by atoms with E-state index in [0.29, 0.717) is 15.6 Å². The Kier molecular flexibility index (Phi) is 10.3. The summed E-state index contributed by atoms with van der Waals surface area (Å²) in [6, 6.07) is 17.3. The molecule has 3 aromatic carbocycles. The van der Waals surface area contributed by atoms with E-state index in [9.17, 15) is 18.0 Å². The second-order valence-corrected chi connectivity index (χ2v) is 11.9. The maximum atomic E-state index is 13.9. The van der Waals surface area contributed by atoms with Crippen LogP contribution in [0.1, 0.15) is 11.1 Å². The number of sulfonamides is 1.